The summed E-state index contributed by atoms with van der Waals surface area (Å²) in [6, 6.07) is 10.6. The van der Waals surface area contributed by atoms with E-state index in [0.717, 1.165) is 6.07 Å². The largest absolute Gasteiger partial charge is 0.481 e. The van der Waals surface area contributed by atoms with Crippen LogP contribution in [-0.2, 0) is 11.0 Å². The zero-order valence-electron chi connectivity index (χ0n) is 15.6. The van der Waals surface area contributed by atoms with Crippen LogP contribution in [0.2, 0.25) is 0 Å². The Labute approximate surface area is 168 Å². The first kappa shape index (κ1) is 19.9. The highest BCUT2D eigenvalue weighted by Gasteiger charge is 2.36. The number of aliphatic carboxylic acids is 1. The minimum Gasteiger partial charge on any atom is -0.481 e. The van der Waals surface area contributed by atoms with Crippen LogP contribution >= 0.6 is 0 Å². The number of carboxylic acids is 1. The maximum Gasteiger partial charge on any atom is 0.433 e. The van der Waals surface area contributed by atoms with Crippen LogP contribution in [0, 0.1) is 5.92 Å². The summed E-state index contributed by atoms with van der Waals surface area (Å²) in [5.74, 6) is -1.98. The highest BCUT2D eigenvalue weighted by molar-refractivity contribution is 5.93. The molecule has 1 fully saturated rings. The van der Waals surface area contributed by atoms with Gasteiger partial charge in [0.15, 0.2) is 17.0 Å². The van der Waals surface area contributed by atoms with Crippen LogP contribution in [0.5, 0.6) is 0 Å². The van der Waals surface area contributed by atoms with Gasteiger partial charge in [-0.25, -0.2) is 9.50 Å². The minimum absolute atomic E-state index is 0.0903. The number of halogens is 3. The van der Waals surface area contributed by atoms with Crippen LogP contribution < -0.4 is 0 Å². The van der Waals surface area contributed by atoms with Gasteiger partial charge in [0, 0.05) is 24.7 Å². The van der Waals surface area contributed by atoms with Gasteiger partial charge in [0.05, 0.1) is 11.6 Å². The molecule has 1 N–H and O–H groups in total. The van der Waals surface area contributed by atoms with Gasteiger partial charge >= 0.3 is 12.1 Å². The average Bonchev–Trinajstić information content (AvgIpc) is 3.16. The lowest BCUT2D eigenvalue weighted by atomic mass is 9.97. The fourth-order valence-electron chi connectivity index (χ4n) is 3.53. The lowest BCUT2D eigenvalue weighted by molar-refractivity contribution is -0.143. The van der Waals surface area contributed by atoms with E-state index in [1.165, 1.54) is 11.0 Å². The number of rotatable bonds is 3. The van der Waals surface area contributed by atoms with Gasteiger partial charge in [0.25, 0.3) is 5.91 Å². The number of amides is 1. The third-order valence-corrected chi connectivity index (χ3v) is 5.14. The normalized spacial score (nSPS) is 15.5. The summed E-state index contributed by atoms with van der Waals surface area (Å²) in [5, 5.41) is 12.9. The van der Waals surface area contributed by atoms with Gasteiger partial charge in [0.1, 0.15) is 0 Å². The number of alkyl halides is 3. The Balaban J connectivity index is 1.71. The summed E-state index contributed by atoms with van der Waals surface area (Å²) in [6.07, 6.45) is -4.12. The molecule has 3 aromatic rings. The van der Waals surface area contributed by atoms with Crippen molar-refractivity contribution < 1.29 is 27.9 Å². The lowest BCUT2D eigenvalue weighted by Crippen LogP contribution is -2.40. The van der Waals surface area contributed by atoms with E-state index in [9.17, 15) is 22.8 Å². The Hall–Kier alpha value is -3.43. The monoisotopic (exact) mass is 418 g/mol. The van der Waals surface area contributed by atoms with E-state index < -0.39 is 29.7 Å². The molecule has 1 amide bonds. The first-order valence-corrected chi connectivity index (χ1v) is 9.29. The topological polar surface area (TPSA) is 87.8 Å². The molecular weight excluding hydrogens is 401 g/mol. The zero-order chi connectivity index (χ0) is 21.5. The Morgan fingerprint density at radius 1 is 1.07 bits per heavy atom. The summed E-state index contributed by atoms with van der Waals surface area (Å²) < 4.78 is 41.6. The molecule has 1 aromatic carbocycles. The summed E-state index contributed by atoms with van der Waals surface area (Å²) in [5.41, 5.74) is -0.652. The number of carboxylic acid groups (broad SMARTS) is 1. The number of fused-ring (bicyclic) bond motifs is 1. The van der Waals surface area contributed by atoms with Gasteiger partial charge in [-0.05, 0) is 18.9 Å². The van der Waals surface area contributed by atoms with Crippen LogP contribution in [0.3, 0.4) is 0 Å². The highest BCUT2D eigenvalue weighted by Crippen LogP contribution is 2.32. The standard InChI is InChI=1S/C20H17F3N4O3/c21-20(22,23)16-10-14(12-4-2-1-3-5-12)24-17-11-15(25-27(16)17)18(28)26-8-6-13(7-9-26)19(29)30/h1-5,10-11,13H,6-9H2,(H,29,30). The third kappa shape index (κ3) is 3.72. The fraction of sp³-hybridized carbons (Fsp3) is 0.300. The Morgan fingerprint density at radius 3 is 2.33 bits per heavy atom. The maximum atomic E-state index is 13.7. The first-order chi connectivity index (χ1) is 14.2. The van der Waals surface area contributed by atoms with Crippen molar-refractivity contribution in [3.63, 3.8) is 0 Å². The van der Waals surface area contributed by atoms with E-state index >= 15 is 0 Å². The number of hydrogen-bond acceptors (Lipinski definition) is 4. The summed E-state index contributed by atoms with van der Waals surface area (Å²) in [7, 11) is 0. The molecule has 0 bridgehead atoms. The summed E-state index contributed by atoms with van der Waals surface area (Å²) in [4.78, 5) is 29.5. The molecule has 1 aliphatic heterocycles. The van der Waals surface area contributed by atoms with Crippen LogP contribution in [-0.4, -0.2) is 49.6 Å². The van der Waals surface area contributed by atoms with E-state index in [-0.39, 0.29) is 30.1 Å². The summed E-state index contributed by atoms with van der Waals surface area (Å²) in [6.45, 7) is 0.414. The zero-order valence-corrected chi connectivity index (χ0v) is 15.6. The number of carbonyl (C=O) groups excluding carboxylic acids is 1. The first-order valence-electron chi connectivity index (χ1n) is 9.29. The quantitative estimate of drug-likeness (QED) is 0.705. The number of aromatic nitrogens is 3. The predicted octanol–water partition coefficient (Wildman–Crippen LogP) is 3.35. The molecule has 0 aliphatic carbocycles. The Morgan fingerprint density at radius 2 is 1.73 bits per heavy atom. The molecule has 10 heteroatoms. The molecule has 0 atom stereocenters. The minimum atomic E-state index is -4.70. The summed E-state index contributed by atoms with van der Waals surface area (Å²) >= 11 is 0. The highest BCUT2D eigenvalue weighted by atomic mass is 19.4. The second kappa shape index (κ2) is 7.43. The van der Waals surface area contributed by atoms with Crippen molar-refractivity contribution >= 4 is 17.5 Å². The Kier molecular flexibility index (Phi) is 4.92. The van der Waals surface area contributed by atoms with E-state index in [1.54, 1.807) is 30.3 Å². The molecule has 4 rings (SSSR count). The van der Waals surface area contributed by atoms with Crippen LogP contribution in [0.4, 0.5) is 13.2 Å². The van der Waals surface area contributed by atoms with Crippen molar-refractivity contribution in [2.75, 3.05) is 13.1 Å². The predicted molar refractivity (Wildman–Crippen MR) is 99.7 cm³/mol. The van der Waals surface area contributed by atoms with Gasteiger partial charge in [-0.1, -0.05) is 30.3 Å². The van der Waals surface area contributed by atoms with Crippen molar-refractivity contribution in [3.8, 4) is 11.3 Å². The average molecular weight is 418 g/mol. The van der Waals surface area contributed by atoms with Crippen molar-refractivity contribution in [1.82, 2.24) is 19.5 Å². The van der Waals surface area contributed by atoms with Gasteiger partial charge in [0.2, 0.25) is 0 Å². The van der Waals surface area contributed by atoms with E-state index in [0.29, 0.717) is 22.9 Å². The SMILES string of the molecule is O=C(O)C1CCN(C(=O)c2cc3nc(-c4ccccc4)cc(C(F)(F)F)n3n2)CC1. The second-order valence-electron chi connectivity index (χ2n) is 7.09. The van der Waals surface area contributed by atoms with E-state index in [2.05, 4.69) is 10.1 Å². The number of carbonyl (C=O) groups is 2. The van der Waals surface area contributed by atoms with E-state index in [1.807, 2.05) is 0 Å². The molecule has 2 aromatic heterocycles. The molecule has 0 saturated carbocycles. The number of hydrogen-bond donors (Lipinski definition) is 1. The molecule has 30 heavy (non-hydrogen) atoms. The van der Waals surface area contributed by atoms with Crippen molar-refractivity contribution in [1.29, 1.82) is 0 Å². The smallest absolute Gasteiger partial charge is 0.433 e. The molecule has 7 nitrogen and oxygen atoms in total. The van der Waals surface area contributed by atoms with Crippen molar-refractivity contribution in [2.45, 2.75) is 19.0 Å². The molecular formula is C20H17F3N4O3. The molecule has 0 radical (unpaired) electrons. The molecule has 0 spiro atoms. The number of likely N-dealkylation sites (tertiary alicyclic amines) is 1. The van der Waals surface area contributed by atoms with Crippen molar-refractivity contribution in [3.05, 3.63) is 53.9 Å². The van der Waals surface area contributed by atoms with Gasteiger partial charge in [-0.15, -0.1) is 0 Å². The van der Waals surface area contributed by atoms with E-state index in [4.69, 9.17) is 5.11 Å². The lowest BCUT2D eigenvalue weighted by Gasteiger charge is -2.29. The number of benzene rings is 1. The van der Waals surface area contributed by atoms with Crippen LogP contribution in [0.15, 0.2) is 42.5 Å². The number of piperidine rings is 1. The molecule has 3 heterocycles. The van der Waals surface area contributed by atoms with Crippen LogP contribution in [0.1, 0.15) is 29.0 Å². The van der Waals surface area contributed by atoms with Gasteiger partial charge in [-0.3, -0.25) is 9.59 Å². The molecule has 1 saturated heterocycles. The third-order valence-electron chi connectivity index (χ3n) is 5.14. The fourth-order valence-corrected chi connectivity index (χ4v) is 3.53. The number of nitrogens with zero attached hydrogens (tertiary/aromatic N) is 4. The van der Waals surface area contributed by atoms with Crippen molar-refractivity contribution in [2.24, 2.45) is 5.92 Å². The van der Waals surface area contributed by atoms with Gasteiger partial charge < -0.3 is 10.0 Å². The molecule has 156 valence electrons. The van der Waals surface area contributed by atoms with Gasteiger partial charge in [-0.2, -0.15) is 18.3 Å². The molecule has 1 aliphatic rings. The Bertz CT molecular complexity index is 1100. The second-order valence-corrected chi connectivity index (χ2v) is 7.09. The molecule has 0 unspecified atom stereocenters. The van der Waals surface area contributed by atoms with Crippen LogP contribution in [0.25, 0.3) is 16.9 Å². The maximum absolute atomic E-state index is 13.7.